The van der Waals surface area contributed by atoms with Gasteiger partial charge in [-0.25, -0.2) is 4.79 Å². The normalized spacial score (nSPS) is 16.8. The molecule has 0 unspecified atom stereocenters. The molecule has 96 valence electrons. The number of nitrogens with two attached hydrogens (primary N) is 1. The second kappa shape index (κ2) is 5.67. The van der Waals surface area contributed by atoms with Crippen LogP contribution in [0.5, 0.6) is 0 Å². The Hall–Kier alpha value is -1.84. The van der Waals surface area contributed by atoms with Crippen LogP contribution >= 0.6 is 0 Å². The summed E-state index contributed by atoms with van der Waals surface area (Å²) in [6.07, 6.45) is 3.99. The highest BCUT2D eigenvalue weighted by atomic mass is 16.7. The molecule has 0 spiro atoms. The van der Waals surface area contributed by atoms with Gasteiger partial charge in [0.1, 0.15) is 0 Å². The van der Waals surface area contributed by atoms with Crippen LogP contribution in [-0.4, -0.2) is 11.8 Å². The van der Waals surface area contributed by atoms with Gasteiger partial charge in [-0.1, -0.05) is 47.8 Å². The lowest BCUT2D eigenvalue weighted by Crippen LogP contribution is -2.17. The second-order valence-corrected chi connectivity index (χ2v) is 4.73. The maximum Gasteiger partial charge on any atom is 0.338 e. The van der Waals surface area contributed by atoms with E-state index < -0.39 is 0 Å². The lowest BCUT2D eigenvalue weighted by molar-refractivity contribution is -0.148. The lowest BCUT2D eigenvalue weighted by Gasteiger charge is -2.05. The molecule has 4 nitrogen and oxygen atoms in total. The van der Waals surface area contributed by atoms with Gasteiger partial charge in [0, 0.05) is 5.56 Å². The summed E-state index contributed by atoms with van der Waals surface area (Å²) in [6, 6.07) is 7.60. The Balaban J connectivity index is 1.95. The molecule has 0 heterocycles. The third kappa shape index (κ3) is 3.09. The molecule has 0 amide bonds. The number of aryl methyl sites for hydroxylation is 1. The van der Waals surface area contributed by atoms with Gasteiger partial charge in [-0.15, -0.1) is 0 Å². The Kier molecular flexibility index (Phi) is 3.97. The van der Waals surface area contributed by atoms with Crippen LogP contribution in [0.15, 0.2) is 29.4 Å². The van der Waals surface area contributed by atoms with E-state index in [0.29, 0.717) is 0 Å². The zero-order chi connectivity index (χ0) is 13.0. The summed E-state index contributed by atoms with van der Waals surface area (Å²) in [5.41, 5.74) is 7.68. The number of hydrogen-bond donors (Lipinski definition) is 1. The Morgan fingerprint density at radius 2 is 1.89 bits per heavy atom. The topological polar surface area (TPSA) is 64.7 Å². The number of nitrogens with zero attached hydrogens (tertiary/aromatic N) is 1. The molecule has 0 saturated heterocycles. The average Bonchev–Trinajstić information content (AvgIpc) is 2.90. The van der Waals surface area contributed by atoms with Crippen molar-refractivity contribution in [3.05, 3.63) is 35.4 Å². The number of rotatable bonds is 3. The maximum absolute atomic E-state index is 11.7. The van der Waals surface area contributed by atoms with Crippen LogP contribution in [0, 0.1) is 12.8 Å². The molecule has 0 radical (unpaired) electrons. The van der Waals surface area contributed by atoms with E-state index in [1.54, 1.807) is 0 Å². The zero-order valence-corrected chi connectivity index (χ0v) is 10.6. The Morgan fingerprint density at radius 3 is 2.50 bits per heavy atom. The molecule has 0 atom stereocenters. The van der Waals surface area contributed by atoms with Gasteiger partial charge in [0.15, 0.2) is 5.84 Å². The molecule has 0 aliphatic heterocycles. The molecule has 0 bridgehead atoms. The molecule has 1 fully saturated rings. The SMILES string of the molecule is Cc1ccc(/C(N)=N/OC(=O)C2CCCC2)cc1. The predicted octanol–water partition coefficient (Wildman–Crippen LogP) is 2.35. The summed E-state index contributed by atoms with van der Waals surface area (Å²) in [5.74, 6) is -0.0246. The standard InChI is InChI=1S/C14H18N2O2/c1-10-6-8-11(9-7-10)13(15)16-18-14(17)12-4-2-3-5-12/h6-9,12H,2-5H2,1H3,(H2,15,16). The Morgan fingerprint density at radius 1 is 1.28 bits per heavy atom. The van der Waals surface area contributed by atoms with E-state index in [2.05, 4.69) is 5.16 Å². The van der Waals surface area contributed by atoms with E-state index in [1.165, 1.54) is 0 Å². The third-order valence-electron chi connectivity index (χ3n) is 3.27. The minimum atomic E-state index is -0.262. The van der Waals surface area contributed by atoms with E-state index in [9.17, 15) is 4.79 Å². The molecular formula is C14H18N2O2. The highest BCUT2D eigenvalue weighted by molar-refractivity contribution is 5.97. The number of carbonyl (C=O) groups excluding carboxylic acids is 1. The third-order valence-corrected chi connectivity index (χ3v) is 3.27. The molecular weight excluding hydrogens is 228 g/mol. The van der Waals surface area contributed by atoms with Crippen molar-refractivity contribution < 1.29 is 9.63 Å². The summed E-state index contributed by atoms with van der Waals surface area (Å²) in [7, 11) is 0. The summed E-state index contributed by atoms with van der Waals surface area (Å²) < 4.78 is 0. The van der Waals surface area contributed by atoms with Gasteiger partial charge in [-0.2, -0.15) is 0 Å². The van der Waals surface area contributed by atoms with E-state index in [4.69, 9.17) is 10.6 Å². The van der Waals surface area contributed by atoms with Crippen molar-refractivity contribution in [1.29, 1.82) is 0 Å². The summed E-state index contributed by atoms with van der Waals surface area (Å²) >= 11 is 0. The first-order valence-corrected chi connectivity index (χ1v) is 6.28. The lowest BCUT2D eigenvalue weighted by atomic mass is 10.1. The molecule has 2 N–H and O–H groups in total. The van der Waals surface area contributed by atoms with Crippen molar-refractivity contribution in [2.24, 2.45) is 16.8 Å². The van der Waals surface area contributed by atoms with Crippen LogP contribution in [-0.2, 0) is 9.63 Å². The number of amidine groups is 1. The van der Waals surface area contributed by atoms with Crippen molar-refractivity contribution >= 4 is 11.8 Å². The number of carbonyl (C=O) groups is 1. The number of hydrogen-bond acceptors (Lipinski definition) is 3. The van der Waals surface area contributed by atoms with Crippen molar-refractivity contribution in [1.82, 2.24) is 0 Å². The quantitative estimate of drug-likeness (QED) is 0.385. The second-order valence-electron chi connectivity index (χ2n) is 4.73. The molecule has 0 aromatic heterocycles. The fraction of sp³-hybridized carbons (Fsp3) is 0.429. The van der Waals surface area contributed by atoms with Crippen molar-refractivity contribution in [2.75, 3.05) is 0 Å². The average molecular weight is 246 g/mol. The summed E-state index contributed by atoms with van der Waals surface area (Å²) in [5, 5.41) is 3.71. The molecule has 4 heteroatoms. The van der Waals surface area contributed by atoms with Crippen molar-refractivity contribution in [3.8, 4) is 0 Å². The van der Waals surface area contributed by atoms with Crippen LogP contribution in [0.1, 0.15) is 36.8 Å². The predicted molar refractivity (Wildman–Crippen MR) is 70.0 cm³/mol. The molecule has 1 aromatic rings. The monoisotopic (exact) mass is 246 g/mol. The van der Waals surface area contributed by atoms with Gasteiger partial charge in [0.25, 0.3) is 0 Å². The largest absolute Gasteiger partial charge is 0.380 e. The van der Waals surface area contributed by atoms with Crippen molar-refractivity contribution in [3.63, 3.8) is 0 Å². The molecule has 18 heavy (non-hydrogen) atoms. The minimum Gasteiger partial charge on any atom is -0.380 e. The van der Waals surface area contributed by atoms with Crippen LogP contribution < -0.4 is 5.73 Å². The highest BCUT2D eigenvalue weighted by Gasteiger charge is 2.24. The van der Waals surface area contributed by atoms with Gasteiger partial charge >= 0.3 is 5.97 Å². The molecule has 2 rings (SSSR count). The van der Waals surface area contributed by atoms with E-state index in [-0.39, 0.29) is 17.7 Å². The minimum absolute atomic E-state index is 0.000400. The zero-order valence-electron chi connectivity index (χ0n) is 10.6. The fourth-order valence-corrected chi connectivity index (χ4v) is 2.11. The Bertz CT molecular complexity index is 445. The maximum atomic E-state index is 11.7. The van der Waals surface area contributed by atoms with Gasteiger partial charge in [0.05, 0.1) is 5.92 Å². The number of oxime groups is 1. The number of benzene rings is 1. The van der Waals surface area contributed by atoms with Crippen LogP contribution in [0.4, 0.5) is 0 Å². The summed E-state index contributed by atoms with van der Waals surface area (Å²) in [6.45, 7) is 2.00. The van der Waals surface area contributed by atoms with Crippen LogP contribution in [0.2, 0.25) is 0 Å². The molecule has 1 aliphatic carbocycles. The molecule has 1 aliphatic rings. The van der Waals surface area contributed by atoms with E-state index in [0.717, 1.165) is 36.8 Å². The fourth-order valence-electron chi connectivity index (χ4n) is 2.11. The smallest absolute Gasteiger partial charge is 0.338 e. The highest BCUT2D eigenvalue weighted by Crippen LogP contribution is 2.25. The van der Waals surface area contributed by atoms with E-state index >= 15 is 0 Å². The van der Waals surface area contributed by atoms with Crippen LogP contribution in [0.25, 0.3) is 0 Å². The van der Waals surface area contributed by atoms with Crippen LogP contribution in [0.3, 0.4) is 0 Å². The molecule has 1 aromatic carbocycles. The van der Waals surface area contributed by atoms with Gasteiger partial charge in [0.2, 0.25) is 0 Å². The van der Waals surface area contributed by atoms with Gasteiger partial charge in [-0.05, 0) is 19.8 Å². The first-order chi connectivity index (χ1) is 8.66. The summed E-state index contributed by atoms with van der Waals surface area (Å²) in [4.78, 5) is 16.5. The van der Waals surface area contributed by atoms with E-state index in [1.807, 2.05) is 31.2 Å². The molecule has 1 saturated carbocycles. The Labute approximate surface area is 107 Å². The first kappa shape index (κ1) is 12.6. The van der Waals surface area contributed by atoms with Gasteiger partial charge in [-0.3, -0.25) is 0 Å². The first-order valence-electron chi connectivity index (χ1n) is 6.28. The van der Waals surface area contributed by atoms with Crippen molar-refractivity contribution in [2.45, 2.75) is 32.6 Å². The van der Waals surface area contributed by atoms with Gasteiger partial charge < -0.3 is 10.6 Å².